The summed E-state index contributed by atoms with van der Waals surface area (Å²) in [6.07, 6.45) is 3.34. The Morgan fingerprint density at radius 3 is 2.75 bits per heavy atom. The maximum atomic E-state index is 12.0. The fourth-order valence-corrected chi connectivity index (χ4v) is 1.63. The van der Waals surface area contributed by atoms with E-state index < -0.39 is 0 Å². The van der Waals surface area contributed by atoms with Gasteiger partial charge < -0.3 is 4.57 Å². The van der Waals surface area contributed by atoms with Crippen LogP contribution in [0.25, 0.3) is 0 Å². The largest absolute Gasteiger partial charge is 0.331 e. The molecule has 1 aromatic heterocycles. The van der Waals surface area contributed by atoms with Gasteiger partial charge in [-0.1, -0.05) is 23.7 Å². The maximum absolute atomic E-state index is 12.0. The SMILES string of the molecule is Cc1ccc(C(=O)c2nccn2C)cc1Cl. The van der Waals surface area contributed by atoms with E-state index in [-0.39, 0.29) is 5.78 Å². The first kappa shape index (κ1) is 10.9. The molecule has 0 amide bonds. The second-order valence-corrected chi connectivity index (χ2v) is 4.06. The first-order valence-electron chi connectivity index (χ1n) is 4.88. The Morgan fingerprint density at radius 2 is 2.19 bits per heavy atom. The molecule has 2 aromatic rings. The van der Waals surface area contributed by atoms with Gasteiger partial charge in [-0.2, -0.15) is 0 Å². The molecule has 0 spiro atoms. The van der Waals surface area contributed by atoms with Crippen molar-refractivity contribution >= 4 is 17.4 Å². The summed E-state index contributed by atoms with van der Waals surface area (Å²) in [6, 6.07) is 5.27. The zero-order valence-corrected chi connectivity index (χ0v) is 9.82. The van der Waals surface area contributed by atoms with Gasteiger partial charge in [-0.15, -0.1) is 0 Å². The van der Waals surface area contributed by atoms with Crippen LogP contribution < -0.4 is 0 Å². The lowest BCUT2D eigenvalue weighted by molar-refractivity contribution is 0.102. The molecule has 16 heavy (non-hydrogen) atoms. The summed E-state index contributed by atoms with van der Waals surface area (Å²) in [6.45, 7) is 1.90. The van der Waals surface area contributed by atoms with Crippen molar-refractivity contribution in [3.05, 3.63) is 52.6 Å². The Kier molecular flexibility index (Phi) is 2.79. The number of rotatable bonds is 2. The van der Waals surface area contributed by atoms with Gasteiger partial charge in [0.2, 0.25) is 5.78 Å². The van der Waals surface area contributed by atoms with E-state index >= 15 is 0 Å². The number of hydrogen-bond acceptors (Lipinski definition) is 2. The van der Waals surface area contributed by atoms with Crippen LogP contribution in [0.5, 0.6) is 0 Å². The van der Waals surface area contributed by atoms with Gasteiger partial charge >= 0.3 is 0 Å². The number of halogens is 1. The summed E-state index contributed by atoms with van der Waals surface area (Å²) in [5.74, 6) is 0.300. The minimum atomic E-state index is -0.116. The molecule has 0 aliphatic heterocycles. The normalized spacial score (nSPS) is 10.4. The van der Waals surface area contributed by atoms with Crippen LogP contribution in [0.3, 0.4) is 0 Å². The van der Waals surface area contributed by atoms with Crippen LogP contribution in [0.1, 0.15) is 21.7 Å². The number of carbonyl (C=O) groups is 1. The summed E-state index contributed by atoms with van der Waals surface area (Å²) in [5, 5.41) is 0.597. The van der Waals surface area contributed by atoms with Crippen molar-refractivity contribution in [1.82, 2.24) is 9.55 Å². The molecule has 0 unspecified atom stereocenters. The van der Waals surface area contributed by atoms with E-state index in [2.05, 4.69) is 4.98 Å². The van der Waals surface area contributed by atoms with Crippen LogP contribution >= 0.6 is 11.6 Å². The van der Waals surface area contributed by atoms with Crippen molar-refractivity contribution in [3.63, 3.8) is 0 Å². The molecular formula is C12H11ClN2O. The number of aromatic nitrogens is 2. The molecule has 1 aromatic carbocycles. The van der Waals surface area contributed by atoms with Crippen LogP contribution in [0.15, 0.2) is 30.6 Å². The first-order valence-corrected chi connectivity index (χ1v) is 5.25. The molecule has 4 heteroatoms. The third kappa shape index (κ3) is 1.86. The highest BCUT2D eigenvalue weighted by Crippen LogP contribution is 2.18. The summed E-state index contributed by atoms with van der Waals surface area (Å²) in [5.41, 5.74) is 1.52. The number of carbonyl (C=O) groups excluding carboxylic acids is 1. The van der Waals surface area contributed by atoms with Crippen LogP contribution in [-0.2, 0) is 7.05 Å². The van der Waals surface area contributed by atoms with Gasteiger partial charge in [-0.3, -0.25) is 4.79 Å². The molecule has 0 saturated heterocycles. The number of aryl methyl sites for hydroxylation is 2. The number of ketones is 1. The topological polar surface area (TPSA) is 34.9 Å². The van der Waals surface area contributed by atoms with Gasteiger partial charge in [0.15, 0.2) is 5.82 Å². The molecule has 0 fully saturated rings. The van der Waals surface area contributed by atoms with E-state index in [1.807, 2.05) is 13.0 Å². The van der Waals surface area contributed by atoms with E-state index in [1.165, 1.54) is 0 Å². The Bertz CT molecular complexity index is 546. The van der Waals surface area contributed by atoms with Gasteiger partial charge in [0.1, 0.15) is 0 Å². The Hall–Kier alpha value is -1.61. The highest BCUT2D eigenvalue weighted by atomic mass is 35.5. The first-order chi connectivity index (χ1) is 7.59. The quantitative estimate of drug-likeness (QED) is 0.749. The van der Waals surface area contributed by atoms with Crippen molar-refractivity contribution in [1.29, 1.82) is 0 Å². The van der Waals surface area contributed by atoms with E-state index in [9.17, 15) is 4.79 Å². The number of imidazole rings is 1. The maximum Gasteiger partial charge on any atom is 0.228 e. The highest BCUT2D eigenvalue weighted by molar-refractivity contribution is 6.31. The summed E-state index contributed by atoms with van der Waals surface area (Å²) >= 11 is 5.98. The lowest BCUT2D eigenvalue weighted by Crippen LogP contribution is -2.08. The fraction of sp³-hybridized carbons (Fsp3) is 0.167. The van der Waals surface area contributed by atoms with E-state index in [0.29, 0.717) is 16.4 Å². The third-order valence-electron chi connectivity index (χ3n) is 2.46. The number of benzene rings is 1. The van der Waals surface area contributed by atoms with Crippen molar-refractivity contribution in [3.8, 4) is 0 Å². The summed E-state index contributed by atoms with van der Waals surface area (Å²) in [4.78, 5) is 16.1. The minimum Gasteiger partial charge on any atom is -0.331 e. The lowest BCUT2D eigenvalue weighted by Gasteiger charge is -2.03. The molecule has 0 aliphatic rings. The van der Waals surface area contributed by atoms with Gasteiger partial charge in [0, 0.05) is 30.0 Å². The van der Waals surface area contributed by atoms with Crippen molar-refractivity contribution in [2.45, 2.75) is 6.92 Å². The highest BCUT2D eigenvalue weighted by Gasteiger charge is 2.14. The zero-order valence-electron chi connectivity index (χ0n) is 9.07. The third-order valence-corrected chi connectivity index (χ3v) is 2.87. The Morgan fingerprint density at radius 1 is 1.44 bits per heavy atom. The van der Waals surface area contributed by atoms with Gasteiger partial charge in [-0.25, -0.2) is 4.98 Å². The van der Waals surface area contributed by atoms with Crippen molar-refractivity contribution < 1.29 is 4.79 Å². The van der Waals surface area contributed by atoms with Crippen LogP contribution in [0, 0.1) is 6.92 Å². The molecule has 0 N–H and O–H groups in total. The molecule has 82 valence electrons. The predicted molar refractivity (Wildman–Crippen MR) is 62.8 cm³/mol. The molecule has 1 heterocycles. The van der Waals surface area contributed by atoms with Crippen LogP contribution in [-0.4, -0.2) is 15.3 Å². The second-order valence-electron chi connectivity index (χ2n) is 3.65. The van der Waals surface area contributed by atoms with E-state index in [0.717, 1.165) is 5.56 Å². The summed E-state index contributed by atoms with van der Waals surface area (Å²) in [7, 11) is 1.79. The molecule has 3 nitrogen and oxygen atoms in total. The number of nitrogens with zero attached hydrogens (tertiary/aromatic N) is 2. The van der Waals surface area contributed by atoms with Gasteiger partial charge in [-0.05, 0) is 18.6 Å². The molecule has 0 saturated carbocycles. The van der Waals surface area contributed by atoms with Crippen molar-refractivity contribution in [2.75, 3.05) is 0 Å². The lowest BCUT2D eigenvalue weighted by atomic mass is 10.1. The molecule has 0 bridgehead atoms. The monoisotopic (exact) mass is 234 g/mol. The van der Waals surface area contributed by atoms with E-state index in [4.69, 9.17) is 11.6 Å². The Balaban J connectivity index is 2.42. The molecule has 0 atom stereocenters. The average molecular weight is 235 g/mol. The Labute approximate surface area is 98.7 Å². The van der Waals surface area contributed by atoms with Crippen molar-refractivity contribution in [2.24, 2.45) is 7.05 Å². The predicted octanol–water partition coefficient (Wildman–Crippen LogP) is 2.61. The van der Waals surface area contributed by atoms with Gasteiger partial charge in [0.05, 0.1) is 0 Å². The van der Waals surface area contributed by atoms with Crippen LogP contribution in [0.2, 0.25) is 5.02 Å². The molecule has 0 radical (unpaired) electrons. The molecular weight excluding hydrogens is 224 g/mol. The van der Waals surface area contributed by atoms with Crippen LogP contribution in [0.4, 0.5) is 0 Å². The zero-order chi connectivity index (χ0) is 11.7. The summed E-state index contributed by atoms with van der Waals surface area (Å²) < 4.78 is 1.69. The second kappa shape index (κ2) is 4.10. The standard InChI is InChI=1S/C12H11ClN2O/c1-8-3-4-9(7-10(8)13)11(16)12-14-5-6-15(12)2/h3-7H,1-2H3. The smallest absolute Gasteiger partial charge is 0.228 e. The fourth-order valence-electron chi connectivity index (χ4n) is 1.45. The molecule has 2 rings (SSSR count). The minimum absolute atomic E-state index is 0.116. The molecule has 0 aliphatic carbocycles. The van der Waals surface area contributed by atoms with E-state index in [1.54, 1.807) is 36.1 Å². The number of hydrogen-bond donors (Lipinski definition) is 0. The average Bonchev–Trinajstić information content (AvgIpc) is 2.67. The van der Waals surface area contributed by atoms with Gasteiger partial charge in [0.25, 0.3) is 0 Å².